The monoisotopic (exact) mass is 393 g/mol. The Morgan fingerprint density at radius 3 is 1.44 bits per heavy atom. The van der Waals surface area contributed by atoms with Gasteiger partial charge in [-0.2, -0.15) is 0 Å². The number of benzene rings is 3. The van der Waals surface area contributed by atoms with Crippen LogP contribution in [0.15, 0.2) is 60.7 Å². The molecule has 0 aromatic heterocycles. The number of alkyl halides is 1. The van der Waals surface area contributed by atoms with Crippen molar-refractivity contribution < 1.29 is 0 Å². The van der Waals surface area contributed by atoms with Crippen LogP contribution in [0.2, 0.25) is 0 Å². The molecule has 3 aromatic rings. The molecule has 128 valence electrons. The van der Waals surface area contributed by atoms with Gasteiger partial charge in [0.05, 0.1) is 5.69 Å². The molecule has 0 amide bonds. The van der Waals surface area contributed by atoms with Crippen LogP contribution in [0.4, 0.5) is 17.1 Å². The number of aryl methyl sites for hydroxylation is 4. The van der Waals surface area contributed by atoms with Gasteiger partial charge in [0.1, 0.15) is 0 Å². The Bertz CT molecular complexity index is 795. The molecule has 0 bridgehead atoms. The number of hydrogen-bond donors (Lipinski definition) is 0. The van der Waals surface area contributed by atoms with Crippen molar-refractivity contribution in [3.63, 3.8) is 0 Å². The highest BCUT2D eigenvalue weighted by atomic mass is 79.9. The molecule has 0 radical (unpaired) electrons. The lowest BCUT2D eigenvalue weighted by atomic mass is 10.0. The number of rotatable bonds is 4. The first-order valence-corrected chi connectivity index (χ1v) is 9.71. The molecule has 0 aliphatic heterocycles. The maximum atomic E-state index is 3.58. The van der Waals surface area contributed by atoms with Gasteiger partial charge in [0.25, 0.3) is 0 Å². The van der Waals surface area contributed by atoms with E-state index in [4.69, 9.17) is 0 Å². The molecule has 0 aliphatic rings. The zero-order chi connectivity index (χ0) is 18.0. The first kappa shape index (κ1) is 17.8. The highest BCUT2D eigenvalue weighted by Crippen LogP contribution is 2.39. The number of hydrogen-bond acceptors (Lipinski definition) is 1. The molecule has 0 heterocycles. The molecular formula is C23H24BrN. The van der Waals surface area contributed by atoms with Gasteiger partial charge in [-0.1, -0.05) is 63.5 Å². The Labute approximate surface area is 159 Å². The zero-order valence-corrected chi connectivity index (χ0v) is 16.9. The van der Waals surface area contributed by atoms with Crippen molar-refractivity contribution in [1.29, 1.82) is 0 Å². The van der Waals surface area contributed by atoms with E-state index in [1.165, 1.54) is 44.9 Å². The summed E-state index contributed by atoms with van der Waals surface area (Å²) in [6, 6.07) is 22.0. The molecule has 0 fully saturated rings. The number of anilines is 3. The predicted molar refractivity (Wildman–Crippen MR) is 113 cm³/mol. The first-order chi connectivity index (χ1) is 12.0. The molecule has 25 heavy (non-hydrogen) atoms. The van der Waals surface area contributed by atoms with Crippen LogP contribution in [0.1, 0.15) is 27.8 Å². The van der Waals surface area contributed by atoms with Crippen molar-refractivity contribution in [1.82, 2.24) is 0 Å². The Morgan fingerprint density at radius 2 is 1.08 bits per heavy atom. The average molecular weight is 394 g/mol. The van der Waals surface area contributed by atoms with Gasteiger partial charge in [0, 0.05) is 16.7 Å². The molecule has 0 unspecified atom stereocenters. The fourth-order valence-corrected chi connectivity index (χ4v) is 3.59. The van der Waals surface area contributed by atoms with Crippen LogP contribution in [0.5, 0.6) is 0 Å². The molecule has 0 saturated carbocycles. The minimum Gasteiger partial charge on any atom is -0.310 e. The van der Waals surface area contributed by atoms with E-state index in [-0.39, 0.29) is 0 Å². The molecule has 0 N–H and O–H groups in total. The van der Waals surface area contributed by atoms with Crippen LogP contribution in [0.25, 0.3) is 0 Å². The van der Waals surface area contributed by atoms with E-state index < -0.39 is 0 Å². The lowest BCUT2D eigenvalue weighted by Crippen LogP contribution is -2.13. The summed E-state index contributed by atoms with van der Waals surface area (Å²) in [5.41, 5.74) is 10.1. The van der Waals surface area contributed by atoms with Crippen LogP contribution < -0.4 is 4.90 Å². The van der Waals surface area contributed by atoms with Gasteiger partial charge in [-0.3, -0.25) is 0 Å². The minimum atomic E-state index is 0.879. The van der Waals surface area contributed by atoms with Gasteiger partial charge < -0.3 is 4.90 Å². The van der Waals surface area contributed by atoms with E-state index in [1.54, 1.807) is 0 Å². The largest absolute Gasteiger partial charge is 0.310 e. The van der Waals surface area contributed by atoms with E-state index in [2.05, 4.69) is 109 Å². The molecule has 1 nitrogen and oxygen atoms in total. The third-order valence-corrected chi connectivity index (χ3v) is 5.16. The lowest BCUT2D eigenvalue weighted by Gasteiger charge is -2.29. The molecule has 0 saturated heterocycles. The number of halogens is 1. The average Bonchev–Trinajstić information content (AvgIpc) is 2.60. The zero-order valence-electron chi connectivity index (χ0n) is 15.3. The van der Waals surface area contributed by atoms with E-state index in [0.29, 0.717) is 0 Å². The third-order valence-electron chi connectivity index (χ3n) is 4.51. The van der Waals surface area contributed by atoms with Crippen molar-refractivity contribution in [2.24, 2.45) is 0 Å². The Hall–Kier alpha value is -2.06. The second-order valence-electron chi connectivity index (χ2n) is 6.72. The van der Waals surface area contributed by atoms with Crippen molar-refractivity contribution >= 4 is 33.0 Å². The smallest absolute Gasteiger partial charge is 0.0520 e. The van der Waals surface area contributed by atoms with Gasteiger partial charge in [0.2, 0.25) is 0 Å². The maximum Gasteiger partial charge on any atom is 0.0520 e. The summed E-state index contributed by atoms with van der Waals surface area (Å²) in [4.78, 5) is 2.36. The van der Waals surface area contributed by atoms with Gasteiger partial charge in [-0.05, 0) is 68.7 Å². The minimum absolute atomic E-state index is 0.879. The number of nitrogens with zero attached hydrogens (tertiary/aromatic N) is 1. The predicted octanol–water partition coefficient (Wildman–Crippen LogP) is 7.28. The molecule has 0 aliphatic carbocycles. The van der Waals surface area contributed by atoms with Gasteiger partial charge in [-0.25, -0.2) is 0 Å². The molecule has 3 aromatic carbocycles. The molecule has 0 spiro atoms. The Balaban J connectivity index is 2.21. The molecule has 0 atom stereocenters. The highest BCUT2D eigenvalue weighted by Gasteiger charge is 2.17. The summed E-state index contributed by atoms with van der Waals surface area (Å²) in [5, 5.41) is 0.879. The standard InChI is InChI=1S/C23H24BrN/c1-16-5-9-21(10-6-16)25(22-11-7-17(2)8-12-22)23-18(3)13-20(15-24)14-19(23)4/h5-14H,15H2,1-4H3. The normalized spacial score (nSPS) is 10.8. The van der Waals surface area contributed by atoms with Crippen LogP contribution in [-0.2, 0) is 5.33 Å². The first-order valence-electron chi connectivity index (χ1n) is 8.59. The van der Waals surface area contributed by atoms with Crippen LogP contribution >= 0.6 is 15.9 Å². The topological polar surface area (TPSA) is 3.24 Å². The van der Waals surface area contributed by atoms with Crippen molar-refractivity contribution in [3.05, 3.63) is 88.5 Å². The Morgan fingerprint density at radius 1 is 0.680 bits per heavy atom. The van der Waals surface area contributed by atoms with E-state index >= 15 is 0 Å². The second-order valence-corrected chi connectivity index (χ2v) is 7.28. The summed E-state index contributed by atoms with van der Waals surface area (Å²) >= 11 is 3.58. The van der Waals surface area contributed by atoms with E-state index in [9.17, 15) is 0 Å². The molecule has 2 heteroatoms. The Kier molecular flexibility index (Phi) is 5.29. The molecular weight excluding hydrogens is 370 g/mol. The maximum absolute atomic E-state index is 3.58. The van der Waals surface area contributed by atoms with Crippen molar-refractivity contribution in [3.8, 4) is 0 Å². The summed E-state index contributed by atoms with van der Waals surface area (Å²) in [6.07, 6.45) is 0. The summed E-state index contributed by atoms with van der Waals surface area (Å²) < 4.78 is 0. The van der Waals surface area contributed by atoms with E-state index in [1.807, 2.05) is 0 Å². The lowest BCUT2D eigenvalue weighted by molar-refractivity contribution is 1.19. The van der Waals surface area contributed by atoms with Crippen LogP contribution in [0, 0.1) is 27.7 Å². The van der Waals surface area contributed by atoms with Crippen LogP contribution in [0.3, 0.4) is 0 Å². The van der Waals surface area contributed by atoms with Gasteiger partial charge in [0.15, 0.2) is 0 Å². The van der Waals surface area contributed by atoms with Crippen LogP contribution in [-0.4, -0.2) is 0 Å². The fraction of sp³-hybridized carbons (Fsp3) is 0.217. The van der Waals surface area contributed by atoms with Crippen molar-refractivity contribution in [2.75, 3.05) is 4.90 Å². The quantitative estimate of drug-likeness (QED) is 0.420. The summed E-state index contributed by atoms with van der Waals surface area (Å²) in [7, 11) is 0. The summed E-state index contributed by atoms with van der Waals surface area (Å²) in [5.74, 6) is 0. The van der Waals surface area contributed by atoms with Gasteiger partial charge in [-0.15, -0.1) is 0 Å². The fourth-order valence-electron chi connectivity index (χ4n) is 3.27. The van der Waals surface area contributed by atoms with E-state index in [0.717, 1.165) is 5.33 Å². The second kappa shape index (κ2) is 7.45. The SMILES string of the molecule is Cc1ccc(N(c2ccc(C)cc2)c2c(C)cc(CBr)cc2C)cc1. The third kappa shape index (κ3) is 3.80. The molecule has 3 rings (SSSR count). The summed E-state index contributed by atoms with van der Waals surface area (Å²) in [6.45, 7) is 8.65. The van der Waals surface area contributed by atoms with Gasteiger partial charge >= 0.3 is 0 Å². The van der Waals surface area contributed by atoms with Crippen molar-refractivity contribution in [2.45, 2.75) is 33.0 Å². The highest BCUT2D eigenvalue weighted by molar-refractivity contribution is 9.08.